The van der Waals surface area contributed by atoms with E-state index in [0.29, 0.717) is 11.8 Å². The predicted octanol–water partition coefficient (Wildman–Crippen LogP) is 13.5. The second-order valence-corrected chi connectivity index (χ2v) is 19.2. The minimum absolute atomic E-state index is 0.0340. The van der Waals surface area contributed by atoms with E-state index in [9.17, 15) is 0 Å². The Hall–Kier alpha value is -5.48. The molecule has 0 N–H and O–H groups in total. The van der Waals surface area contributed by atoms with E-state index in [1.807, 2.05) is 0 Å². The molecule has 3 heterocycles. The Kier molecular flexibility index (Phi) is 8.43. The molecule has 0 radical (unpaired) electrons. The summed E-state index contributed by atoms with van der Waals surface area (Å²) in [6.07, 6.45) is 3.49. The van der Waals surface area contributed by atoms with Gasteiger partial charge < -0.3 is 14.2 Å². The molecule has 0 spiro atoms. The monoisotopic (exact) mass is 758 g/mol. The van der Waals surface area contributed by atoms with Crippen LogP contribution in [0.15, 0.2) is 126 Å². The minimum Gasteiger partial charge on any atom is -0.468 e. The summed E-state index contributed by atoms with van der Waals surface area (Å²) in [5, 5.41) is 1.21. The van der Waals surface area contributed by atoms with Gasteiger partial charge in [-0.3, -0.25) is 0 Å². The highest BCUT2D eigenvalue weighted by atomic mass is 16.3. The van der Waals surface area contributed by atoms with Crippen LogP contribution >= 0.6 is 0 Å². The Morgan fingerprint density at radius 2 is 1.50 bits per heavy atom. The highest BCUT2D eigenvalue weighted by Gasteiger charge is 2.48. The van der Waals surface area contributed by atoms with Crippen molar-refractivity contribution in [3.8, 4) is 11.1 Å². The number of anilines is 6. The molecule has 1 aliphatic carbocycles. The molecule has 10 rings (SSSR count). The Labute approximate surface area is 345 Å². The lowest BCUT2D eigenvalue weighted by Gasteiger charge is -2.43. The van der Waals surface area contributed by atoms with Crippen molar-refractivity contribution in [2.45, 2.75) is 104 Å². The van der Waals surface area contributed by atoms with Gasteiger partial charge in [0, 0.05) is 33.7 Å². The van der Waals surface area contributed by atoms with Crippen LogP contribution in [0.4, 0.5) is 34.1 Å². The molecule has 0 fully saturated rings. The molecule has 2 aliphatic heterocycles. The van der Waals surface area contributed by atoms with E-state index in [0.717, 1.165) is 17.7 Å². The molecule has 0 amide bonds. The van der Waals surface area contributed by atoms with Gasteiger partial charge in [0.05, 0.1) is 17.0 Å². The van der Waals surface area contributed by atoms with Gasteiger partial charge in [-0.05, 0) is 142 Å². The largest absolute Gasteiger partial charge is 0.468 e. The maximum absolute atomic E-state index is 7.45. The summed E-state index contributed by atoms with van der Waals surface area (Å²) < 4.78 is 7.45. The van der Waals surface area contributed by atoms with Crippen LogP contribution in [0, 0.1) is 6.92 Å². The molecule has 3 aliphatic rings. The number of fused-ring (bicyclic) bond motifs is 7. The van der Waals surface area contributed by atoms with Crippen LogP contribution in [-0.2, 0) is 10.8 Å². The summed E-state index contributed by atoms with van der Waals surface area (Å²) in [5.74, 6) is 0.994. The van der Waals surface area contributed by atoms with Crippen LogP contribution in [0.5, 0.6) is 0 Å². The Morgan fingerprint density at radius 1 is 0.793 bits per heavy atom. The van der Waals surface area contributed by atoms with E-state index < -0.39 is 0 Å². The quantitative estimate of drug-likeness (QED) is 0.163. The van der Waals surface area contributed by atoms with Gasteiger partial charge in [-0.1, -0.05) is 128 Å². The first-order chi connectivity index (χ1) is 27.8. The van der Waals surface area contributed by atoms with E-state index in [4.69, 9.17) is 4.42 Å². The lowest BCUT2D eigenvalue weighted by atomic mass is 9.35. The highest BCUT2D eigenvalue weighted by molar-refractivity contribution is 7.00. The third-order valence-electron chi connectivity index (χ3n) is 13.9. The molecule has 0 saturated carbocycles. The minimum atomic E-state index is -0.0939. The zero-order valence-electron chi connectivity index (χ0n) is 35.7. The molecule has 4 heteroatoms. The number of nitrogens with zero attached hydrogens (tertiary/aromatic N) is 2. The molecular formula is C54H55BN2O. The third kappa shape index (κ3) is 5.62. The van der Waals surface area contributed by atoms with Crippen molar-refractivity contribution in [2.75, 3.05) is 9.80 Å². The average molecular weight is 759 g/mol. The van der Waals surface area contributed by atoms with Gasteiger partial charge in [0.1, 0.15) is 5.58 Å². The van der Waals surface area contributed by atoms with Gasteiger partial charge in [-0.2, -0.15) is 0 Å². The molecule has 1 unspecified atom stereocenters. The normalized spacial score (nSPS) is 17.1. The first-order valence-corrected chi connectivity index (χ1v) is 21.6. The third-order valence-corrected chi connectivity index (χ3v) is 13.9. The van der Waals surface area contributed by atoms with E-state index in [2.05, 4.69) is 193 Å². The lowest BCUT2D eigenvalue weighted by molar-refractivity contribution is 0.402. The Morgan fingerprint density at radius 3 is 2.22 bits per heavy atom. The molecule has 2 atom stereocenters. The summed E-state index contributed by atoms with van der Waals surface area (Å²) in [6.45, 7) is 21.0. The number of rotatable bonds is 5. The molecule has 0 bridgehead atoms. The molecule has 6 aromatic carbocycles. The smallest absolute Gasteiger partial charge is 0.297 e. The maximum Gasteiger partial charge on any atom is 0.297 e. The van der Waals surface area contributed by atoms with Gasteiger partial charge in [0.25, 0.3) is 6.71 Å². The number of para-hydroxylation sites is 1. The van der Waals surface area contributed by atoms with Crippen LogP contribution in [0.3, 0.4) is 0 Å². The molecule has 58 heavy (non-hydrogen) atoms. The summed E-state index contributed by atoms with van der Waals surface area (Å²) in [4.78, 5) is 5.10. The summed E-state index contributed by atoms with van der Waals surface area (Å²) in [5.41, 5.74) is 21.1. The fourth-order valence-corrected chi connectivity index (χ4v) is 10.3. The maximum atomic E-state index is 7.45. The standard InChI is InChI=1S/C54H55BN2O/c1-10-34(3)36-20-23-39(24-21-36)56-47-28-33(2)29-48-50(47)55(52-51(56)42-31-41-35(4)26-27-54(8,9)43(41)32-49(42)58-52)44-30-38(53(5,6)7)22-25-46(44)57(48)45-19-15-14-18-40(45)37-16-12-11-13-17-37/h11-25,28-32,34-35H,10,26-27H2,1-9H3/t34-,35?/m0/s1. The summed E-state index contributed by atoms with van der Waals surface area (Å²) in [6, 6.07) is 46.2. The van der Waals surface area contributed by atoms with E-state index >= 15 is 0 Å². The summed E-state index contributed by atoms with van der Waals surface area (Å²) in [7, 11) is 0. The van der Waals surface area contributed by atoms with E-state index in [1.54, 1.807) is 0 Å². The number of furan rings is 1. The SMILES string of the molecule is CC[C@H](C)c1ccc(N2c3cc(C)cc4c3B(c3cc(C(C)(C)C)ccc3N4c3ccccc3-c3ccccc3)c3oc4cc5c(cc4c32)C(C)CCC5(C)C)cc1. The number of hydrogen-bond acceptors (Lipinski definition) is 3. The highest BCUT2D eigenvalue weighted by Crippen LogP contribution is 2.51. The zero-order chi connectivity index (χ0) is 40.2. The van der Waals surface area contributed by atoms with Gasteiger partial charge in [0.15, 0.2) is 0 Å². The van der Waals surface area contributed by atoms with Gasteiger partial charge in [-0.15, -0.1) is 0 Å². The Bertz CT molecular complexity index is 2730. The van der Waals surface area contributed by atoms with Crippen molar-refractivity contribution >= 4 is 68.4 Å². The number of hydrogen-bond donors (Lipinski definition) is 0. The molecule has 7 aromatic rings. The second-order valence-electron chi connectivity index (χ2n) is 19.2. The van der Waals surface area contributed by atoms with Crippen molar-refractivity contribution in [3.05, 3.63) is 149 Å². The number of benzene rings is 6. The van der Waals surface area contributed by atoms with Crippen LogP contribution < -0.4 is 26.4 Å². The van der Waals surface area contributed by atoms with Crippen LogP contribution in [-0.4, -0.2) is 6.71 Å². The van der Waals surface area contributed by atoms with E-state index in [-0.39, 0.29) is 17.5 Å². The van der Waals surface area contributed by atoms with Crippen molar-refractivity contribution in [1.29, 1.82) is 0 Å². The van der Waals surface area contributed by atoms with Crippen LogP contribution in [0.25, 0.3) is 22.1 Å². The topological polar surface area (TPSA) is 19.6 Å². The second kappa shape index (κ2) is 13.3. The van der Waals surface area contributed by atoms with Crippen molar-refractivity contribution in [2.24, 2.45) is 0 Å². The number of aryl methyl sites for hydroxylation is 1. The van der Waals surface area contributed by atoms with E-state index in [1.165, 1.54) is 102 Å². The summed E-state index contributed by atoms with van der Waals surface area (Å²) >= 11 is 0. The van der Waals surface area contributed by atoms with Gasteiger partial charge >= 0.3 is 0 Å². The predicted molar refractivity (Wildman–Crippen MR) is 248 cm³/mol. The fraction of sp³-hybridized carbons (Fsp3) is 0.296. The average Bonchev–Trinajstić information content (AvgIpc) is 3.59. The van der Waals surface area contributed by atoms with Gasteiger partial charge in [-0.25, -0.2) is 0 Å². The Balaban J connectivity index is 1.32. The van der Waals surface area contributed by atoms with Gasteiger partial charge in [0.2, 0.25) is 0 Å². The fourth-order valence-electron chi connectivity index (χ4n) is 10.3. The van der Waals surface area contributed by atoms with Crippen LogP contribution in [0.1, 0.15) is 114 Å². The first-order valence-electron chi connectivity index (χ1n) is 21.6. The molecule has 1 aromatic heterocycles. The van der Waals surface area contributed by atoms with Crippen molar-refractivity contribution in [1.82, 2.24) is 0 Å². The van der Waals surface area contributed by atoms with Crippen molar-refractivity contribution in [3.63, 3.8) is 0 Å². The molecule has 290 valence electrons. The molecular weight excluding hydrogens is 703 g/mol. The van der Waals surface area contributed by atoms with Crippen LogP contribution in [0.2, 0.25) is 0 Å². The van der Waals surface area contributed by atoms with Crippen molar-refractivity contribution < 1.29 is 4.42 Å². The first kappa shape index (κ1) is 36.8. The zero-order valence-corrected chi connectivity index (χ0v) is 35.7. The molecule has 0 saturated heterocycles. The molecule has 3 nitrogen and oxygen atoms in total. The lowest BCUT2D eigenvalue weighted by Crippen LogP contribution is -2.61.